The van der Waals surface area contributed by atoms with E-state index >= 15 is 0 Å². The van der Waals surface area contributed by atoms with Gasteiger partial charge in [-0.2, -0.15) is 18.8 Å². The van der Waals surface area contributed by atoms with Gasteiger partial charge in [-0.25, -0.2) is 0 Å². The van der Waals surface area contributed by atoms with Crippen molar-refractivity contribution in [3.05, 3.63) is 62.5 Å². The predicted octanol–water partition coefficient (Wildman–Crippen LogP) is 7.56. The number of allylic oxidation sites excluding steroid dienone is 6. The monoisotopic (exact) mass is 879 g/mol. The number of hydrogen-bond acceptors (Lipinski definition) is 0. The summed E-state index contributed by atoms with van der Waals surface area (Å²) < 4.78 is 0. The van der Waals surface area contributed by atoms with Gasteiger partial charge in [0, 0.05) is 63.2 Å². The fourth-order valence-electron chi connectivity index (χ4n) is 3.83. The minimum absolute atomic E-state index is 0. The predicted molar refractivity (Wildman–Crippen MR) is 110 cm³/mol. The Hall–Kier alpha value is 1.02. The second-order valence-corrected chi connectivity index (χ2v) is 6.52. The molecule has 156 valence electrons. The third-order valence-electron chi connectivity index (χ3n) is 4.99. The Kier molecular flexibility index (Phi) is 30.6. The summed E-state index contributed by atoms with van der Waals surface area (Å²) in [5.74, 6) is 3.96. The van der Waals surface area contributed by atoms with Gasteiger partial charge >= 0.3 is 0 Å². The van der Waals surface area contributed by atoms with Crippen LogP contribution in [0.15, 0.2) is 43.0 Å². The molecule has 0 radical (unpaired) electrons. The van der Waals surface area contributed by atoms with Crippen molar-refractivity contribution in [1.29, 1.82) is 0 Å². The zero-order valence-electron chi connectivity index (χ0n) is 16.4. The van der Waals surface area contributed by atoms with E-state index in [9.17, 15) is 0 Å². The zero-order valence-corrected chi connectivity index (χ0v) is 25.2. The third-order valence-corrected chi connectivity index (χ3v) is 4.99. The Morgan fingerprint density at radius 1 is 0.852 bits per heavy atom. The van der Waals surface area contributed by atoms with Crippen LogP contribution in [0.2, 0.25) is 0 Å². The zero-order chi connectivity index (χ0) is 16.9. The minimum Gasteiger partial charge on any atom is -0.521 e. The van der Waals surface area contributed by atoms with Crippen LogP contribution < -0.4 is 0 Å². The average molecular weight is 879 g/mol. The largest absolute Gasteiger partial charge is 0.521 e. The molecule has 0 amide bonds. The van der Waals surface area contributed by atoms with Gasteiger partial charge in [0.2, 0.25) is 0 Å². The Labute approximate surface area is 214 Å². The summed E-state index contributed by atoms with van der Waals surface area (Å²) in [5.41, 5.74) is 0. The molecular weight excluding hydrogens is 840 g/mol. The molecule has 0 aliphatic heterocycles. The van der Waals surface area contributed by atoms with E-state index in [0.717, 1.165) is 30.1 Å². The van der Waals surface area contributed by atoms with Crippen molar-refractivity contribution in [2.75, 3.05) is 0 Å². The molecule has 4 bridgehead atoms. The molecule has 3 saturated carbocycles. The smallest absolute Gasteiger partial charge is 0 e. The normalized spacial score (nSPS) is 27.9. The maximum Gasteiger partial charge on any atom is 0 e. The van der Waals surface area contributed by atoms with E-state index in [2.05, 4.69) is 62.5 Å². The number of hydrogen-bond donors (Lipinski definition) is 0. The molecule has 0 aromatic rings. The molecule has 0 nitrogen and oxygen atoms in total. The third kappa shape index (κ3) is 14.6. The van der Waals surface area contributed by atoms with Crippen LogP contribution in [-0.4, -0.2) is 0 Å². The van der Waals surface area contributed by atoms with Gasteiger partial charge in [-0.1, -0.05) is 89.2 Å². The van der Waals surface area contributed by atoms with Crippen molar-refractivity contribution in [1.82, 2.24) is 0 Å². The molecular formula is C24H39W3-3. The molecule has 0 spiro atoms. The maximum atomic E-state index is 4.25. The van der Waals surface area contributed by atoms with Crippen LogP contribution in [-0.2, 0) is 63.2 Å². The summed E-state index contributed by atoms with van der Waals surface area (Å²) in [6.45, 7) is 11.0. The maximum absolute atomic E-state index is 4.25. The molecule has 0 saturated heterocycles. The van der Waals surface area contributed by atoms with Gasteiger partial charge in [-0.15, -0.1) is 12.0 Å². The van der Waals surface area contributed by atoms with Crippen LogP contribution in [0, 0.1) is 43.1 Å². The first kappa shape index (κ1) is 35.5. The standard InChI is InChI=1S/C7H11.C7H9.C5H6.C2H6.C2H3.CH4.3W/c2*1-2-7-4-3-6(1)5-7;1-2-4-5-3-1;2*1-2;;;;/h1,6-7H,2-5H2;1-3,6-7H,4-5H2;1-4H,5H2;1-2H3;1H,2H2;1H4;;;/q2*-1;;;-1;;;;. The van der Waals surface area contributed by atoms with Gasteiger partial charge in [-0.3, -0.25) is 6.58 Å². The molecule has 0 heterocycles. The summed E-state index contributed by atoms with van der Waals surface area (Å²) in [6.07, 6.45) is 27.9. The van der Waals surface area contributed by atoms with Crippen molar-refractivity contribution in [2.24, 2.45) is 23.7 Å². The topological polar surface area (TPSA) is 0 Å². The van der Waals surface area contributed by atoms with Crippen LogP contribution in [0.25, 0.3) is 0 Å². The van der Waals surface area contributed by atoms with E-state index < -0.39 is 0 Å². The Bertz CT molecular complexity index is 347. The van der Waals surface area contributed by atoms with Crippen molar-refractivity contribution in [3.63, 3.8) is 0 Å². The molecule has 0 aromatic heterocycles. The second-order valence-electron chi connectivity index (χ2n) is 6.52. The summed E-state index contributed by atoms with van der Waals surface area (Å²) in [7, 11) is 0. The molecule has 4 unspecified atom stereocenters. The van der Waals surface area contributed by atoms with Crippen LogP contribution in [0.4, 0.5) is 0 Å². The molecule has 0 N–H and O–H groups in total. The first-order valence-corrected chi connectivity index (χ1v) is 9.47. The molecule has 5 aliphatic carbocycles. The summed E-state index contributed by atoms with van der Waals surface area (Å²) in [5, 5.41) is 0. The van der Waals surface area contributed by atoms with Crippen LogP contribution in [0.1, 0.15) is 66.2 Å². The quantitative estimate of drug-likeness (QED) is 0.174. The van der Waals surface area contributed by atoms with E-state index in [1.165, 1.54) is 38.5 Å². The fourth-order valence-corrected chi connectivity index (χ4v) is 3.83. The first-order chi connectivity index (χ1) is 11.4. The summed E-state index contributed by atoms with van der Waals surface area (Å²) in [6, 6.07) is 0. The van der Waals surface area contributed by atoms with Crippen molar-refractivity contribution >= 4 is 0 Å². The molecule has 0 aromatic carbocycles. The number of fused-ring (bicyclic) bond motifs is 4. The van der Waals surface area contributed by atoms with Crippen LogP contribution >= 0.6 is 0 Å². The fraction of sp³-hybridized carbons (Fsp3) is 0.583. The van der Waals surface area contributed by atoms with E-state index in [0.29, 0.717) is 0 Å². The van der Waals surface area contributed by atoms with Crippen molar-refractivity contribution < 1.29 is 63.2 Å². The van der Waals surface area contributed by atoms with Gasteiger partial charge in [0.05, 0.1) is 0 Å². The van der Waals surface area contributed by atoms with Crippen molar-refractivity contribution in [2.45, 2.75) is 66.2 Å². The van der Waals surface area contributed by atoms with E-state index in [1.54, 1.807) is 0 Å². The molecule has 5 rings (SSSR count). The van der Waals surface area contributed by atoms with Crippen molar-refractivity contribution in [3.8, 4) is 0 Å². The van der Waals surface area contributed by atoms with E-state index in [1.807, 2.05) is 13.8 Å². The van der Waals surface area contributed by atoms with Gasteiger partial charge in [-0.05, 0) is 6.42 Å². The van der Waals surface area contributed by atoms with E-state index in [-0.39, 0.29) is 70.6 Å². The van der Waals surface area contributed by atoms with E-state index in [4.69, 9.17) is 0 Å². The molecule has 4 atom stereocenters. The summed E-state index contributed by atoms with van der Waals surface area (Å²) in [4.78, 5) is 0. The Balaban J connectivity index is -0.000000127. The number of rotatable bonds is 0. The average Bonchev–Trinajstić information content (AvgIpc) is 3.48. The minimum atomic E-state index is 0. The second kappa shape index (κ2) is 23.3. The van der Waals surface area contributed by atoms with Crippen LogP contribution in [0.3, 0.4) is 0 Å². The van der Waals surface area contributed by atoms with Crippen LogP contribution in [0.5, 0.6) is 0 Å². The first-order valence-electron chi connectivity index (χ1n) is 9.47. The molecule has 3 heteroatoms. The van der Waals surface area contributed by atoms with Gasteiger partial charge in [0.1, 0.15) is 0 Å². The Morgan fingerprint density at radius 2 is 1.48 bits per heavy atom. The molecule has 5 aliphatic rings. The van der Waals surface area contributed by atoms with Gasteiger partial charge < -0.3 is 19.4 Å². The Morgan fingerprint density at radius 3 is 1.59 bits per heavy atom. The molecule has 3 fully saturated rings. The van der Waals surface area contributed by atoms with Gasteiger partial charge in [0.15, 0.2) is 0 Å². The van der Waals surface area contributed by atoms with Gasteiger partial charge in [0.25, 0.3) is 0 Å². The molecule has 27 heavy (non-hydrogen) atoms. The summed E-state index contributed by atoms with van der Waals surface area (Å²) >= 11 is 0. The SMILES string of the molecule is C.C1=CC2C[CH-]C1C2.C1=CCC=C1.CC.[CH-]1CC2CCC1C2.[CH-]=C.[W].[W].[W].